The van der Waals surface area contributed by atoms with Crippen molar-refractivity contribution >= 4 is 0 Å². The minimum atomic E-state index is -1.12. The first-order chi connectivity index (χ1) is 17.3. The molecule has 0 aromatic heterocycles. The van der Waals surface area contributed by atoms with Crippen molar-refractivity contribution in [1.29, 1.82) is 0 Å². The van der Waals surface area contributed by atoms with Crippen LogP contribution in [0.3, 0.4) is 0 Å². The van der Waals surface area contributed by atoms with Gasteiger partial charge in [0.15, 0.2) is 0 Å². The number of piperidine rings is 1. The third kappa shape index (κ3) is 5.28. The minimum absolute atomic E-state index is 0.0180. The first-order valence-corrected chi connectivity index (χ1v) is 13.3. The lowest BCUT2D eigenvalue weighted by atomic mass is 9.69. The summed E-state index contributed by atoms with van der Waals surface area (Å²) in [5.41, 5.74) is 2.60. The van der Waals surface area contributed by atoms with Crippen LogP contribution in [0.5, 0.6) is 0 Å². The van der Waals surface area contributed by atoms with E-state index >= 15 is 0 Å². The van der Waals surface area contributed by atoms with Gasteiger partial charge in [-0.3, -0.25) is 4.90 Å². The van der Waals surface area contributed by atoms with Crippen LogP contribution in [0.2, 0.25) is 0 Å². The SMILES string of the molecule is CCCC(O)N1CCC(C(O)(c2ccccc2)c2ccccc2)CC1c1ccc(C(C)(C)CO)cc1. The van der Waals surface area contributed by atoms with E-state index in [1.54, 1.807) is 0 Å². The number of benzene rings is 3. The second-order valence-corrected chi connectivity index (χ2v) is 10.9. The number of rotatable bonds is 9. The van der Waals surface area contributed by atoms with Crippen LogP contribution in [-0.4, -0.2) is 39.6 Å². The standard InChI is InChI=1S/C32H41NO3/c1-4-11-30(35)33-21-20-28(22-29(33)24-16-18-25(19-17-24)31(2,3)23-34)32(36,26-12-7-5-8-13-26)27-14-9-6-10-15-27/h5-10,12-19,28-30,34-36H,4,11,20-23H2,1-3H3. The van der Waals surface area contributed by atoms with Crippen LogP contribution in [-0.2, 0) is 11.0 Å². The van der Waals surface area contributed by atoms with Crippen LogP contribution in [0.25, 0.3) is 0 Å². The fourth-order valence-electron chi connectivity index (χ4n) is 5.74. The molecule has 0 amide bonds. The number of hydrogen-bond acceptors (Lipinski definition) is 4. The first kappa shape index (κ1) is 26.6. The van der Waals surface area contributed by atoms with E-state index in [1.807, 2.05) is 74.5 Å². The van der Waals surface area contributed by atoms with Gasteiger partial charge in [-0.25, -0.2) is 0 Å². The highest BCUT2D eigenvalue weighted by Crippen LogP contribution is 2.47. The van der Waals surface area contributed by atoms with Gasteiger partial charge < -0.3 is 15.3 Å². The molecule has 1 saturated heterocycles. The molecule has 1 aliphatic rings. The van der Waals surface area contributed by atoms with Crippen LogP contribution < -0.4 is 0 Å². The Labute approximate surface area is 216 Å². The average molecular weight is 488 g/mol. The van der Waals surface area contributed by atoms with E-state index in [2.05, 4.69) is 36.1 Å². The Balaban J connectivity index is 1.73. The molecule has 3 atom stereocenters. The molecule has 4 nitrogen and oxygen atoms in total. The lowest BCUT2D eigenvalue weighted by molar-refractivity contribution is -0.0893. The zero-order valence-electron chi connectivity index (χ0n) is 21.8. The quantitative estimate of drug-likeness (QED) is 0.359. The van der Waals surface area contributed by atoms with Crippen molar-refractivity contribution in [3.8, 4) is 0 Å². The summed E-state index contributed by atoms with van der Waals surface area (Å²) >= 11 is 0. The molecular formula is C32H41NO3. The molecule has 3 aromatic carbocycles. The van der Waals surface area contributed by atoms with Crippen LogP contribution in [0, 0.1) is 5.92 Å². The van der Waals surface area contributed by atoms with Crippen LogP contribution in [0.1, 0.15) is 74.8 Å². The van der Waals surface area contributed by atoms with Crippen LogP contribution in [0.15, 0.2) is 84.9 Å². The van der Waals surface area contributed by atoms with Crippen molar-refractivity contribution in [3.05, 3.63) is 107 Å². The van der Waals surface area contributed by atoms with Gasteiger partial charge in [-0.05, 0) is 47.4 Å². The molecule has 3 aromatic rings. The maximum Gasteiger partial charge on any atom is 0.118 e. The minimum Gasteiger partial charge on any atom is -0.395 e. The number of nitrogens with zero attached hydrogens (tertiary/aromatic N) is 1. The summed E-state index contributed by atoms with van der Waals surface area (Å²) in [5.74, 6) is -0.0223. The molecule has 1 fully saturated rings. The molecule has 0 aliphatic carbocycles. The van der Waals surface area contributed by atoms with Gasteiger partial charge in [0.05, 0.1) is 6.61 Å². The summed E-state index contributed by atoms with van der Waals surface area (Å²) in [7, 11) is 0. The van der Waals surface area contributed by atoms with Gasteiger partial charge in [0.1, 0.15) is 11.8 Å². The fourth-order valence-corrected chi connectivity index (χ4v) is 5.74. The highest BCUT2D eigenvalue weighted by molar-refractivity contribution is 5.38. The lowest BCUT2D eigenvalue weighted by Gasteiger charge is -2.47. The van der Waals surface area contributed by atoms with Crippen molar-refractivity contribution in [2.45, 2.75) is 69.7 Å². The Kier molecular flexibility index (Phi) is 8.31. The third-order valence-corrected chi connectivity index (χ3v) is 8.06. The molecule has 1 aliphatic heterocycles. The van der Waals surface area contributed by atoms with Crippen molar-refractivity contribution in [2.75, 3.05) is 13.2 Å². The average Bonchev–Trinajstić information content (AvgIpc) is 2.93. The molecule has 4 heteroatoms. The summed E-state index contributed by atoms with van der Waals surface area (Å²) in [6, 6.07) is 28.4. The molecule has 3 unspecified atom stereocenters. The molecule has 0 bridgehead atoms. The Morgan fingerprint density at radius 1 is 0.861 bits per heavy atom. The largest absolute Gasteiger partial charge is 0.395 e. The summed E-state index contributed by atoms with van der Waals surface area (Å²) < 4.78 is 0. The zero-order chi connectivity index (χ0) is 25.8. The highest BCUT2D eigenvalue weighted by Gasteiger charge is 2.45. The third-order valence-electron chi connectivity index (χ3n) is 8.06. The van der Waals surface area contributed by atoms with Crippen molar-refractivity contribution < 1.29 is 15.3 Å². The molecule has 0 saturated carbocycles. The highest BCUT2D eigenvalue weighted by atomic mass is 16.3. The van der Waals surface area contributed by atoms with Gasteiger partial charge in [-0.2, -0.15) is 0 Å². The Bertz CT molecular complexity index is 1040. The summed E-state index contributed by atoms with van der Waals surface area (Å²) in [6.45, 7) is 6.97. The van der Waals surface area contributed by atoms with E-state index < -0.39 is 11.8 Å². The zero-order valence-corrected chi connectivity index (χ0v) is 21.8. The molecule has 1 heterocycles. The normalized spacial score (nSPS) is 20.3. The van der Waals surface area contributed by atoms with Crippen molar-refractivity contribution in [1.82, 2.24) is 4.90 Å². The van der Waals surface area contributed by atoms with E-state index in [0.29, 0.717) is 6.54 Å². The van der Waals surface area contributed by atoms with E-state index in [0.717, 1.165) is 47.9 Å². The van der Waals surface area contributed by atoms with Crippen molar-refractivity contribution in [2.24, 2.45) is 5.92 Å². The van der Waals surface area contributed by atoms with Crippen LogP contribution in [0.4, 0.5) is 0 Å². The van der Waals surface area contributed by atoms with Gasteiger partial charge in [-0.1, -0.05) is 112 Å². The predicted octanol–water partition coefficient (Wildman–Crippen LogP) is 5.76. The maximum absolute atomic E-state index is 12.4. The van der Waals surface area contributed by atoms with Gasteiger partial charge >= 0.3 is 0 Å². The molecule has 3 N–H and O–H groups in total. The number of aliphatic hydroxyl groups is 3. The maximum atomic E-state index is 12.4. The number of likely N-dealkylation sites (tertiary alicyclic amines) is 1. The molecule has 4 rings (SSSR count). The number of aliphatic hydroxyl groups excluding tert-OH is 2. The van der Waals surface area contributed by atoms with Crippen molar-refractivity contribution in [3.63, 3.8) is 0 Å². The van der Waals surface area contributed by atoms with Gasteiger partial charge in [0.25, 0.3) is 0 Å². The van der Waals surface area contributed by atoms with E-state index in [4.69, 9.17) is 0 Å². The van der Waals surface area contributed by atoms with E-state index in [9.17, 15) is 15.3 Å². The van der Waals surface area contributed by atoms with Gasteiger partial charge in [-0.15, -0.1) is 0 Å². The Morgan fingerprint density at radius 3 is 1.92 bits per heavy atom. The monoisotopic (exact) mass is 487 g/mol. The topological polar surface area (TPSA) is 63.9 Å². The second-order valence-electron chi connectivity index (χ2n) is 10.9. The Morgan fingerprint density at radius 2 is 1.42 bits per heavy atom. The Hall–Kier alpha value is -2.50. The smallest absolute Gasteiger partial charge is 0.118 e. The summed E-state index contributed by atoms with van der Waals surface area (Å²) in [5, 5.41) is 33.3. The summed E-state index contributed by atoms with van der Waals surface area (Å²) in [6.07, 6.45) is 2.63. The van der Waals surface area contributed by atoms with Gasteiger partial charge in [0.2, 0.25) is 0 Å². The molecular weight excluding hydrogens is 446 g/mol. The fraction of sp³-hybridized carbons (Fsp3) is 0.438. The molecule has 36 heavy (non-hydrogen) atoms. The summed E-state index contributed by atoms with van der Waals surface area (Å²) in [4.78, 5) is 2.21. The lowest BCUT2D eigenvalue weighted by Crippen LogP contribution is -2.48. The molecule has 192 valence electrons. The van der Waals surface area contributed by atoms with E-state index in [1.165, 1.54) is 0 Å². The van der Waals surface area contributed by atoms with Crippen LogP contribution >= 0.6 is 0 Å². The van der Waals surface area contributed by atoms with Gasteiger partial charge in [0, 0.05) is 18.0 Å². The van der Waals surface area contributed by atoms with E-state index in [-0.39, 0.29) is 24.0 Å². The predicted molar refractivity (Wildman–Crippen MR) is 146 cm³/mol. The first-order valence-electron chi connectivity index (χ1n) is 13.3. The molecule has 0 spiro atoms. The second kappa shape index (κ2) is 11.3. The molecule has 0 radical (unpaired) electrons. The number of hydrogen-bond donors (Lipinski definition) is 3.